The van der Waals surface area contributed by atoms with Gasteiger partial charge in [0.05, 0.1) is 29.5 Å². The van der Waals surface area contributed by atoms with Gasteiger partial charge in [0.1, 0.15) is 22.8 Å². The molecule has 11 heteroatoms. The standard InChI is InChI=1S/C32H30BrN5O4S/c33-29-22-25(13-14-34-29)31-30(24-5-4-6-27(21-24)42-20-17-38-15-18-41-19-16-38)35-32(36-31)23-9-11-26(12-10-23)37-43(39,40)28-7-2-1-3-8-28/h1-14,21-22,37H,15-20H2,(H,35,36). The number of pyridine rings is 1. The Balaban J connectivity index is 1.26. The first-order valence-electron chi connectivity index (χ1n) is 13.9. The lowest BCUT2D eigenvalue weighted by Gasteiger charge is -2.26. The summed E-state index contributed by atoms with van der Waals surface area (Å²) in [5.41, 5.74) is 4.68. The van der Waals surface area contributed by atoms with Gasteiger partial charge in [-0.2, -0.15) is 0 Å². The van der Waals surface area contributed by atoms with Crippen LogP contribution in [-0.2, 0) is 14.8 Å². The third-order valence-electron chi connectivity index (χ3n) is 7.07. The number of nitrogens with zero attached hydrogens (tertiary/aromatic N) is 3. The fraction of sp³-hybridized carbons (Fsp3) is 0.188. The van der Waals surface area contributed by atoms with Crippen molar-refractivity contribution in [3.05, 3.63) is 102 Å². The molecule has 0 spiro atoms. The molecule has 3 heterocycles. The third-order valence-corrected chi connectivity index (χ3v) is 8.90. The van der Waals surface area contributed by atoms with Crippen LogP contribution >= 0.6 is 15.9 Å². The van der Waals surface area contributed by atoms with Crippen LogP contribution in [0.2, 0.25) is 0 Å². The molecule has 0 unspecified atom stereocenters. The number of morpholine rings is 1. The molecule has 0 saturated carbocycles. The molecule has 0 radical (unpaired) electrons. The average molecular weight is 661 g/mol. The highest BCUT2D eigenvalue weighted by atomic mass is 79.9. The summed E-state index contributed by atoms with van der Waals surface area (Å²) in [6.07, 6.45) is 1.74. The second-order valence-corrected chi connectivity index (χ2v) is 12.5. The number of aromatic amines is 1. The van der Waals surface area contributed by atoms with Gasteiger partial charge in [-0.05, 0) is 76.6 Å². The van der Waals surface area contributed by atoms with Gasteiger partial charge < -0.3 is 14.5 Å². The van der Waals surface area contributed by atoms with E-state index in [4.69, 9.17) is 14.5 Å². The number of halogens is 1. The van der Waals surface area contributed by atoms with Crippen LogP contribution in [-0.4, -0.2) is 67.7 Å². The maximum atomic E-state index is 12.8. The minimum Gasteiger partial charge on any atom is -0.492 e. The van der Waals surface area contributed by atoms with Crippen molar-refractivity contribution in [2.75, 3.05) is 44.2 Å². The molecule has 9 nitrogen and oxygen atoms in total. The molecule has 2 N–H and O–H groups in total. The van der Waals surface area contributed by atoms with E-state index in [-0.39, 0.29) is 4.90 Å². The Morgan fingerprint density at radius 3 is 2.47 bits per heavy atom. The normalized spacial score (nSPS) is 14.0. The van der Waals surface area contributed by atoms with Crippen molar-refractivity contribution in [2.24, 2.45) is 0 Å². The molecule has 6 rings (SSSR count). The molecule has 220 valence electrons. The molecule has 1 aliphatic rings. The molecular weight excluding hydrogens is 630 g/mol. The van der Waals surface area contributed by atoms with E-state index in [9.17, 15) is 8.42 Å². The van der Waals surface area contributed by atoms with Gasteiger partial charge in [-0.25, -0.2) is 18.4 Å². The lowest BCUT2D eigenvalue weighted by Crippen LogP contribution is -2.38. The minimum absolute atomic E-state index is 0.204. The van der Waals surface area contributed by atoms with Crippen LogP contribution in [0.5, 0.6) is 5.75 Å². The van der Waals surface area contributed by atoms with Crippen LogP contribution in [0.3, 0.4) is 0 Å². The van der Waals surface area contributed by atoms with E-state index in [0.29, 0.717) is 22.7 Å². The van der Waals surface area contributed by atoms with E-state index in [2.05, 4.69) is 35.5 Å². The number of H-pyrrole nitrogens is 1. The van der Waals surface area contributed by atoms with Crippen LogP contribution in [0.25, 0.3) is 33.9 Å². The highest BCUT2D eigenvalue weighted by Crippen LogP contribution is 2.35. The predicted molar refractivity (Wildman–Crippen MR) is 170 cm³/mol. The molecule has 1 aliphatic heterocycles. The van der Waals surface area contributed by atoms with E-state index in [1.807, 2.05) is 48.5 Å². The van der Waals surface area contributed by atoms with Crippen molar-refractivity contribution in [2.45, 2.75) is 4.90 Å². The first-order valence-corrected chi connectivity index (χ1v) is 16.2. The van der Waals surface area contributed by atoms with Crippen molar-refractivity contribution in [1.29, 1.82) is 0 Å². The number of rotatable bonds is 10. The number of hydrogen-bond donors (Lipinski definition) is 2. The number of sulfonamides is 1. The lowest BCUT2D eigenvalue weighted by molar-refractivity contribution is 0.0322. The SMILES string of the molecule is O=S(=O)(Nc1ccc(-c2nc(-c3cccc(OCCN4CCOCC4)c3)c(-c3ccnc(Br)c3)[nH]2)cc1)c1ccccc1. The van der Waals surface area contributed by atoms with Crippen molar-refractivity contribution >= 4 is 31.6 Å². The number of imidazole rings is 1. The molecule has 1 fully saturated rings. The molecule has 2 aromatic heterocycles. The van der Waals surface area contributed by atoms with E-state index >= 15 is 0 Å². The Morgan fingerprint density at radius 1 is 0.907 bits per heavy atom. The van der Waals surface area contributed by atoms with Crippen LogP contribution in [0.4, 0.5) is 5.69 Å². The fourth-order valence-corrected chi connectivity index (χ4v) is 6.29. The summed E-state index contributed by atoms with van der Waals surface area (Å²) in [5.74, 6) is 1.42. The van der Waals surface area contributed by atoms with Gasteiger partial charge in [-0.1, -0.05) is 30.3 Å². The first kappa shape index (κ1) is 29.1. The molecule has 3 aromatic carbocycles. The highest BCUT2D eigenvalue weighted by molar-refractivity contribution is 9.10. The van der Waals surface area contributed by atoms with Crippen LogP contribution in [0.1, 0.15) is 0 Å². The Bertz CT molecular complexity index is 1790. The number of benzene rings is 3. The third kappa shape index (κ3) is 7.14. The second-order valence-electron chi connectivity index (χ2n) is 10.0. The monoisotopic (exact) mass is 659 g/mol. The largest absolute Gasteiger partial charge is 0.492 e. The summed E-state index contributed by atoms with van der Waals surface area (Å²) >= 11 is 3.48. The quantitative estimate of drug-likeness (QED) is 0.175. The zero-order valence-corrected chi connectivity index (χ0v) is 25.6. The number of aromatic nitrogens is 3. The van der Waals surface area contributed by atoms with Crippen molar-refractivity contribution < 1.29 is 17.9 Å². The minimum atomic E-state index is -3.69. The molecule has 0 bridgehead atoms. The van der Waals surface area contributed by atoms with E-state index in [0.717, 1.165) is 66.7 Å². The van der Waals surface area contributed by atoms with Gasteiger partial charge in [0.25, 0.3) is 10.0 Å². The summed E-state index contributed by atoms with van der Waals surface area (Å²) in [4.78, 5) is 15.3. The molecule has 0 amide bonds. The summed E-state index contributed by atoms with van der Waals surface area (Å²) < 4.78 is 40.4. The van der Waals surface area contributed by atoms with Gasteiger partial charge >= 0.3 is 0 Å². The first-order chi connectivity index (χ1) is 20.9. The smallest absolute Gasteiger partial charge is 0.261 e. The van der Waals surface area contributed by atoms with Crippen LogP contribution in [0.15, 0.2) is 107 Å². The Morgan fingerprint density at radius 2 is 1.70 bits per heavy atom. The maximum absolute atomic E-state index is 12.8. The van der Waals surface area contributed by atoms with Crippen molar-refractivity contribution in [3.63, 3.8) is 0 Å². The molecule has 43 heavy (non-hydrogen) atoms. The number of nitrogens with one attached hydrogen (secondary N) is 2. The van der Waals surface area contributed by atoms with Gasteiger partial charge in [0.2, 0.25) is 0 Å². The number of ether oxygens (including phenoxy) is 2. The number of anilines is 1. The second kappa shape index (κ2) is 13.1. The molecule has 0 aliphatic carbocycles. The molecule has 1 saturated heterocycles. The van der Waals surface area contributed by atoms with Crippen LogP contribution < -0.4 is 9.46 Å². The van der Waals surface area contributed by atoms with E-state index in [1.54, 1.807) is 48.7 Å². The summed E-state index contributed by atoms with van der Waals surface area (Å²) in [6, 6.07) is 27.2. The topological polar surface area (TPSA) is 109 Å². The Hall–Kier alpha value is -4.03. The lowest BCUT2D eigenvalue weighted by atomic mass is 10.1. The molecular formula is C32H30BrN5O4S. The van der Waals surface area contributed by atoms with E-state index in [1.165, 1.54) is 0 Å². The van der Waals surface area contributed by atoms with Gasteiger partial charge in [-0.15, -0.1) is 0 Å². The fourth-order valence-electron chi connectivity index (χ4n) is 4.85. The van der Waals surface area contributed by atoms with E-state index < -0.39 is 10.0 Å². The molecule has 0 atom stereocenters. The number of hydrogen-bond acceptors (Lipinski definition) is 7. The van der Waals surface area contributed by atoms with Crippen molar-refractivity contribution in [1.82, 2.24) is 19.9 Å². The van der Waals surface area contributed by atoms with Crippen LogP contribution in [0, 0.1) is 0 Å². The Kier molecular flexibility index (Phi) is 8.85. The van der Waals surface area contributed by atoms with Crippen molar-refractivity contribution in [3.8, 4) is 39.7 Å². The summed E-state index contributed by atoms with van der Waals surface area (Å²) in [5, 5.41) is 0. The Labute approximate surface area is 259 Å². The highest BCUT2D eigenvalue weighted by Gasteiger charge is 2.18. The predicted octanol–water partition coefficient (Wildman–Crippen LogP) is 6.08. The zero-order chi connectivity index (χ0) is 29.6. The van der Waals surface area contributed by atoms with Gasteiger partial charge in [0, 0.05) is 48.2 Å². The average Bonchev–Trinajstić information content (AvgIpc) is 3.48. The maximum Gasteiger partial charge on any atom is 0.261 e. The molecule has 5 aromatic rings. The zero-order valence-electron chi connectivity index (χ0n) is 23.2. The van der Waals surface area contributed by atoms with Gasteiger partial charge in [0.15, 0.2) is 0 Å². The summed E-state index contributed by atoms with van der Waals surface area (Å²) in [7, 11) is -3.69. The summed E-state index contributed by atoms with van der Waals surface area (Å²) in [6.45, 7) is 4.79. The van der Waals surface area contributed by atoms with Gasteiger partial charge in [-0.3, -0.25) is 9.62 Å².